The van der Waals surface area contributed by atoms with Gasteiger partial charge in [-0.15, -0.1) is 0 Å². The molecule has 1 aromatic carbocycles. The Hall–Kier alpha value is -0.730. The summed E-state index contributed by atoms with van der Waals surface area (Å²) < 4.78 is 0. The van der Waals surface area contributed by atoms with Crippen molar-refractivity contribution in [2.75, 3.05) is 18.0 Å². The van der Waals surface area contributed by atoms with Crippen molar-refractivity contribution in [2.45, 2.75) is 32.7 Å². The van der Waals surface area contributed by atoms with Crippen LogP contribution in [0.25, 0.3) is 0 Å². The van der Waals surface area contributed by atoms with Crippen molar-refractivity contribution in [3.8, 4) is 0 Å². The van der Waals surface area contributed by atoms with Crippen molar-refractivity contribution in [1.29, 1.82) is 0 Å². The predicted octanol–water partition coefficient (Wildman–Crippen LogP) is 3.60. The van der Waals surface area contributed by atoms with E-state index >= 15 is 0 Å². The molecule has 1 aliphatic rings. The van der Waals surface area contributed by atoms with E-state index in [9.17, 15) is 0 Å². The molecule has 0 aliphatic carbocycles. The van der Waals surface area contributed by atoms with E-state index in [0.717, 1.165) is 29.6 Å². The summed E-state index contributed by atoms with van der Waals surface area (Å²) in [6.45, 7) is 6.53. The molecule has 94 valence electrons. The molecule has 1 saturated heterocycles. The summed E-state index contributed by atoms with van der Waals surface area (Å²) in [7, 11) is 0. The Morgan fingerprint density at radius 3 is 2.82 bits per heavy atom. The van der Waals surface area contributed by atoms with Crippen molar-refractivity contribution in [2.24, 2.45) is 11.7 Å². The van der Waals surface area contributed by atoms with E-state index in [4.69, 9.17) is 17.3 Å². The lowest BCUT2D eigenvalue weighted by atomic mass is 10.1. The molecule has 1 fully saturated rings. The van der Waals surface area contributed by atoms with Gasteiger partial charge in [0.15, 0.2) is 0 Å². The Bertz CT molecular complexity index is 390. The Labute approximate surface area is 109 Å². The second kappa shape index (κ2) is 5.28. The van der Waals surface area contributed by atoms with E-state index < -0.39 is 0 Å². The number of benzene rings is 1. The average molecular weight is 253 g/mol. The maximum absolute atomic E-state index is 6.27. The van der Waals surface area contributed by atoms with Crippen molar-refractivity contribution in [3.05, 3.63) is 28.8 Å². The zero-order valence-electron chi connectivity index (χ0n) is 10.6. The molecule has 3 heteroatoms. The van der Waals surface area contributed by atoms with Crippen LogP contribution in [0.5, 0.6) is 0 Å². The molecule has 0 spiro atoms. The topological polar surface area (TPSA) is 29.3 Å². The predicted molar refractivity (Wildman–Crippen MR) is 74.7 cm³/mol. The first-order valence-electron chi connectivity index (χ1n) is 6.41. The molecular formula is C14H21ClN2. The lowest BCUT2D eigenvalue weighted by Crippen LogP contribution is -2.19. The number of hydrogen-bond donors (Lipinski definition) is 1. The van der Waals surface area contributed by atoms with E-state index in [-0.39, 0.29) is 6.04 Å². The van der Waals surface area contributed by atoms with E-state index in [2.05, 4.69) is 30.0 Å². The number of hydrogen-bond acceptors (Lipinski definition) is 2. The minimum atomic E-state index is -0.00137. The minimum Gasteiger partial charge on any atom is -0.371 e. The maximum atomic E-state index is 6.27. The molecule has 0 aromatic heterocycles. The van der Waals surface area contributed by atoms with Crippen molar-refractivity contribution in [1.82, 2.24) is 0 Å². The first-order chi connectivity index (χ1) is 8.11. The van der Waals surface area contributed by atoms with Crippen LogP contribution in [-0.2, 0) is 0 Å². The molecule has 1 aliphatic heterocycles. The molecule has 17 heavy (non-hydrogen) atoms. The van der Waals surface area contributed by atoms with Crippen LogP contribution in [0.4, 0.5) is 5.69 Å². The van der Waals surface area contributed by atoms with E-state index in [0.29, 0.717) is 0 Å². The summed E-state index contributed by atoms with van der Waals surface area (Å²) in [5.41, 5.74) is 8.12. The third kappa shape index (κ3) is 2.75. The van der Waals surface area contributed by atoms with Crippen molar-refractivity contribution < 1.29 is 0 Å². The van der Waals surface area contributed by atoms with E-state index in [1.807, 2.05) is 6.92 Å². The highest BCUT2D eigenvalue weighted by Crippen LogP contribution is 2.30. The summed E-state index contributed by atoms with van der Waals surface area (Å²) in [4.78, 5) is 2.42. The average Bonchev–Trinajstić information content (AvgIpc) is 2.76. The highest BCUT2D eigenvalue weighted by Gasteiger charge is 2.21. The molecule has 2 nitrogen and oxygen atoms in total. The molecule has 0 radical (unpaired) electrons. The van der Waals surface area contributed by atoms with Gasteiger partial charge in [0.05, 0.1) is 0 Å². The molecule has 2 N–H and O–H groups in total. The molecule has 1 aromatic rings. The summed E-state index contributed by atoms with van der Waals surface area (Å²) in [6, 6.07) is 6.25. The summed E-state index contributed by atoms with van der Waals surface area (Å²) in [5, 5.41) is 0.789. The third-order valence-corrected chi connectivity index (χ3v) is 4.03. The second-order valence-corrected chi connectivity index (χ2v) is 5.41. The summed E-state index contributed by atoms with van der Waals surface area (Å²) in [6.07, 6.45) is 2.56. The van der Waals surface area contributed by atoms with Crippen LogP contribution in [0.3, 0.4) is 0 Å². The monoisotopic (exact) mass is 252 g/mol. The largest absolute Gasteiger partial charge is 0.371 e. The van der Waals surface area contributed by atoms with Gasteiger partial charge in [-0.05, 0) is 37.0 Å². The third-order valence-electron chi connectivity index (χ3n) is 3.70. The standard InChI is InChI=1S/C14H21ClN2/c1-3-11-6-7-17(9-11)12-4-5-13(10(2)16)14(15)8-12/h4-5,8,10-11H,3,6-7,9,16H2,1-2H3. The van der Waals surface area contributed by atoms with Crippen LogP contribution in [0.1, 0.15) is 38.3 Å². The SMILES string of the molecule is CCC1CCN(c2ccc(C(C)N)c(Cl)c2)C1. The van der Waals surface area contributed by atoms with Gasteiger partial charge in [0.1, 0.15) is 0 Å². The number of anilines is 1. The van der Waals surface area contributed by atoms with Crippen LogP contribution < -0.4 is 10.6 Å². The fourth-order valence-corrected chi connectivity index (χ4v) is 2.83. The lowest BCUT2D eigenvalue weighted by molar-refractivity contribution is 0.569. The number of rotatable bonds is 3. The van der Waals surface area contributed by atoms with Crippen LogP contribution in [-0.4, -0.2) is 13.1 Å². The van der Waals surface area contributed by atoms with Crippen molar-refractivity contribution in [3.63, 3.8) is 0 Å². The molecule has 1 heterocycles. The Kier molecular flexibility index (Phi) is 3.95. The lowest BCUT2D eigenvalue weighted by Gasteiger charge is -2.20. The Morgan fingerprint density at radius 2 is 2.29 bits per heavy atom. The molecule has 2 unspecified atom stereocenters. The fraction of sp³-hybridized carbons (Fsp3) is 0.571. The molecule has 2 atom stereocenters. The van der Waals surface area contributed by atoms with Gasteiger partial charge >= 0.3 is 0 Å². The number of halogens is 1. The molecule has 0 amide bonds. The van der Waals surface area contributed by atoms with Gasteiger partial charge in [0, 0.05) is 29.8 Å². The van der Waals surface area contributed by atoms with Gasteiger partial charge in [-0.25, -0.2) is 0 Å². The Morgan fingerprint density at radius 1 is 1.53 bits per heavy atom. The van der Waals surface area contributed by atoms with Gasteiger partial charge < -0.3 is 10.6 Å². The van der Waals surface area contributed by atoms with Gasteiger partial charge in [-0.2, -0.15) is 0 Å². The van der Waals surface area contributed by atoms with Gasteiger partial charge in [-0.3, -0.25) is 0 Å². The highest BCUT2D eigenvalue weighted by molar-refractivity contribution is 6.31. The molecule has 2 rings (SSSR count). The van der Waals surface area contributed by atoms with Crippen LogP contribution in [0, 0.1) is 5.92 Å². The summed E-state index contributed by atoms with van der Waals surface area (Å²) in [5.74, 6) is 0.835. The quantitative estimate of drug-likeness (QED) is 0.891. The van der Waals surface area contributed by atoms with E-state index in [1.54, 1.807) is 0 Å². The molecular weight excluding hydrogens is 232 g/mol. The van der Waals surface area contributed by atoms with Gasteiger partial charge in [-0.1, -0.05) is 31.0 Å². The van der Waals surface area contributed by atoms with Crippen LogP contribution >= 0.6 is 11.6 Å². The normalized spacial score (nSPS) is 21.9. The first kappa shape index (κ1) is 12.7. The summed E-state index contributed by atoms with van der Waals surface area (Å²) >= 11 is 6.27. The Balaban J connectivity index is 2.15. The van der Waals surface area contributed by atoms with Gasteiger partial charge in [0.25, 0.3) is 0 Å². The smallest absolute Gasteiger partial charge is 0.0474 e. The number of nitrogens with two attached hydrogens (primary N) is 1. The van der Waals surface area contributed by atoms with Gasteiger partial charge in [0.2, 0.25) is 0 Å². The maximum Gasteiger partial charge on any atom is 0.0474 e. The minimum absolute atomic E-state index is 0.00137. The second-order valence-electron chi connectivity index (χ2n) is 5.00. The fourth-order valence-electron chi connectivity index (χ4n) is 2.48. The zero-order valence-corrected chi connectivity index (χ0v) is 11.4. The highest BCUT2D eigenvalue weighted by atomic mass is 35.5. The molecule has 0 bridgehead atoms. The van der Waals surface area contributed by atoms with E-state index in [1.165, 1.54) is 18.5 Å². The van der Waals surface area contributed by atoms with Crippen LogP contribution in [0.2, 0.25) is 5.02 Å². The first-order valence-corrected chi connectivity index (χ1v) is 6.79. The van der Waals surface area contributed by atoms with Crippen LogP contribution in [0.15, 0.2) is 18.2 Å². The molecule has 0 saturated carbocycles. The number of nitrogens with zero attached hydrogens (tertiary/aromatic N) is 1. The zero-order chi connectivity index (χ0) is 12.4. The van der Waals surface area contributed by atoms with Crippen molar-refractivity contribution >= 4 is 17.3 Å².